The first kappa shape index (κ1) is 63.7. The Labute approximate surface area is 453 Å². The van der Waals surface area contributed by atoms with Crippen LogP contribution in [-0.2, 0) is 65.2 Å². The van der Waals surface area contributed by atoms with Crippen LogP contribution in [0, 0.1) is 23.7 Å². The number of carboxylic acid groups (broad SMARTS) is 1. The second kappa shape index (κ2) is 26.9. The molecule has 3 fully saturated rings. The van der Waals surface area contributed by atoms with Gasteiger partial charge in [0.2, 0.25) is 5.43 Å². The molecule has 4 heterocycles. The highest BCUT2D eigenvalue weighted by atomic mass is 16.7. The lowest BCUT2D eigenvalue weighted by Gasteiger charge is -2.50. The number of rotatable bonds is 18. The van der Waals surface area contributed by atoms with Crippen molar-refractivity contribution in [1.29, 1.82) is 0 Å². The summed E-state index contributed by atoms with van der Waals surface area (Å²) < 4.78 is 58.6. The molecule has 0 bridgehead atoms. The van der Waals surface area contributed by atoms with E-state index >= 15 is 0 Å². The number of aliphatic hydroxyl groups is 3. The molecule has 21 heteroatoms. The second-order valence-corrected chi connectivity index (χ2v) is 22.5. The number of hydrogen-bond donors (Lipinski definition) is 5. The Morgan fingerprint density at radius 2 is 1.56 bits per heavy atom. The molecule has 0 radical (unpaired) electrons. The Kier molecular flexibility index (Phi) is 22.2. The number of methoxy groups -OCH3 is 2. The van der Waals surface area contributed by atoms with Crippen LogP contribution in [0.3, 0.4) is 0 Å². The number of hydrogen-bond acceptors (Lipinski definition) is 18. The molecule has 1 amide bonds. The first-order valence-corrected chi connectivity index (χ1v) is 27.2. The minimum Gasteiger partial charge on any atom is -0.477 e. The summed E-state index contributed by atoms with van der Waals surface area (Å²) in [5, 5.41) is 47.9. The maximum absolute atomic E-state index is 14.5. The Hall–Kier alpha value is -4.13. The number of nitrogens with zero attached hydrogens (tertiary/aromatic N) is 2. The van der Waals surface area contributed by atoms with Crippen molar-refractivity contribution < 1.29 is 82.2 Å². The van der Waals surface area contributed by atoms with Gasteiger partial charge in [-0.05, 0) is 112 Å². The largest absolute Gasteiger partial charge is 0.477 e. The van der Waals surface area contributed by atoms with E-state index in [0.717, 1.165) is 5.56 Å². The lowest BCUT2D eigenvalue weighted by molar-refractivity contribution is -0.319. The molecular weight excluding hydrogens is 1000 g/mol. The van der Waals surface area contributed by atoms with Crippen LogP contribution < -0.4 is 10.7 Å². The number of aryl methyl sites for hydroxylation is 2. The monoisotopic (exact) mass is 1090 g/mol. The van der Waals surface area contributed by atoms with Crippen LogP contribution >= 0.6 is 0 Å². The van der Waals surface area contributed by atoms with Crippen LogP contribution in [-0.4, -0.2) is 186 Å². The molecule has 0 spiro atoms. The number of likely N-dealkylation sites (N-methyl/N-ethyl adjacent to an activating group) is 1. The van der Waals surface area contributed by atoms with Crippen molar-refractivity contribution >= 4 is 34.7 Å². The number of aromatic carboxylic acids is 1. The van der Waals surface area contributed by atoms with E-state index in [9.17, 15) is 44.4 Å². The van der Waals surface area contributed by atoms with Crippen LogP contribution in [0.25, 0.3) is 10.9 Å². The molecule has 3 aliphatic heterocycles. The quantitative estimate of drug-likeness (QED) is 0.0986. The Bertz CT molecular complexity index is 2380. The van der Waals surface area contributed by atoms with E-state index in [1.54, 1.807) is 52.2 Å². The van der Waals surface area contributed by atoms with Crippen molar-refractivity contribution in [2.75, 3.05) is 48.1 Å². The SMILES string of the molecule is CC[C@H]1OC(=O)[C@H](C)[C@@H](O[C@H]2C[C@@](C)(OC)[C@@H](OC(=O)NCCOCCCc3ccc4c(c3)c(=O)c(C(=O)O)cn4CC)[C@H](C)O2)[C@H](C)[C@@H](O[C@H]2O[C@@H](C)C[C@@H](N(C)C)[C@@H]2O)[C@](C)(OC)C[C@@H](C)C(=O)[C@H](C)[C@@H](O)[C@]1(C)O. The number of alkyl carbamates (subject to hydrolysis) is 1. The summed E-state index contributed by atoms with van der Waals surface area (Å²) in [7, 11) is 6.69. The molecule has 436 valence electrons. The standard InChI is InChI=1S/C56H89N3O18/c1-16-41-56(11,68)47(63)32(5)43(60)30(3)27-54(9,69-14)48(76-52-45(62)40(58(12)13)25-31(4)72-52)33(6)46(34(7)51(66)74-41)75-42-28-55(10,70-15)49(35(8)73-42)77-53(67)57-22-24-71-23-18-19-36-20-21-39-37(26-36)44(61)38(50(64)65)29-59(39)17-2/h20-21,26,29-35,40-42,45-49,52,62-63,68H,16-19,22-25,27-28H2,1-15H3,(H,57,67)(H,64,65)/t30-,31+,32+,33+,34-,35+,40-,41-,42+,45+,46+,47-,48-,49+,52-,54-,55-,56-/m1/s1. The van der Waals surface area contributed by atoms with Gasteiger partial charge in [0.1, 0.15) is 34.8 Å². The van der Waals surface area contributed by atoms with E-state index in [0.29, 0.717) is 43.3 Å². The van der Waals surface area contributed by atoms with Crippen molar-refractivity contribution in [3.8, 4) is 0 Å². The molecule has 5 rings (SSSR count). The third kappa shape index (κ3) is 14.6. The van der Waals surface area contributed by atoms with E-state index in [4.69, 9.17) is 42.6 Å². The number of esters is 1. The van der Waals surface area contributed by atoms with Gasteiger partial charge in [-0.3, -0.25) is 14.4 Å². The van der Waals surface area contributed by atoms with E-state index in [2.05, 4.69) is 5.32 Å². The fourth-order valence-corrected chi connectivity index (χ4v) is 11.7. The van der Waals surface area contributed by atoms with Gasteiger partial charge in [-0.1, -0.05) is 33.8 Å². The highest BCUT2D eigenvalue weighted by molar-refractivity contribution is 5.92. The van der Waals surface area contributed by atoms with Crippen LogP contribution in [0.2, 0.25) is 0 Å². The summed E-state index contributed by atoms with van der Waals surface area (Å²) in [6, 6.07) is 5.11. The number of Topliss-reactive ketones (excluding diaryl/α,β-unsaturated/α-hetero) is 1. The fourth-order valence-electron chi connectivity index (χ4n) is 11.7. The number of aromatic nitrogens is 1. The number of ether oxygens (including phenoxy) is 9. The Morgan fingerprint density at radius 3 is 2.17 bits per heavy atom. The first-order chi connectivity index (χ1) is 36.1. The molecule has 5 N–H and O–H groups in total. The Balaban J connectivity index is 1.33. The van der Waals surface area contributed by atoms with Crippen LogP contribution in [0.15, 0.2) is 29.2 Å². The van der Waals surface area contributed by atoms with Gasteiger partial charge in [0.25, 0.3) is 0 Å². The Morgan fingerprint density at radius 1 is 0.896 bits per heavy atom. The average molecular weight is 1090 g/mol. The molecule has 0 unspecified atom stereocenters. The number of amides is 1. The van der Waals surface area contributed by atoms with Crippen molar-refractivity contribution in [3.63, 3.8) is 0 Å². The zero-order valence-electron chi connectivity index (χ0n) is 47.9. The normalized spacial score (nSPS) is 36.8. The number of benzene rings is 1. The molecular formula is C56H89N3O18. The van der Waals surface area contributed by atoms with Gasteiger partial charge >= 0.3 is 18.0 Å². The van der Waals surface area contributed by atoms with Crippen LogP contribution in [0.4, 0.5) is 4.79 Å². The van der Waals surface area contributed by atoms with E-state index < -0.39 is 119 Å². The second-order valence-electron chi connectivity index (χ2n) is 22.5. The number of ketones is 1. The van der Waals surface area contributed by atoms with Crippen molar-refractivity contribution in [2.24, 2.45) is 23.7 Å². The number of carboxylic acids is 1. The van der Waals surface area contributed by atoms with Gasteiger partial charge < -0.3 is 77.8 Å². The third-order valence-corrected chi connectivity index (χ3v) is 16.4. The van der Waals surface area contributed by atoms with Gasteiger partial charge in [-0.2, -0.15) is 0 Å². The molecule has 0 saturated carbocycles. The van der Waals surface area contributed by atoms with Crippen molar-refractivity contribution in [2.45, 2.75) is 205 Å². The summed E-state index contributed by atoms with van der Waals surface area (Å²) in [5.74, 6) is -6.15. The van der Waals surface area contributed by atoms with E-state index in [1.807, 2.05) is 51.9 Å². The number of nitrogens with one attached hydrogen (secondary N) is 1. The van der Waals surface area contributed by atoms with Gasteiger partial charge in [-0.15, -0.1) is 0 Å². The van der Waals surface area contributed by atoms with Gasteiger partial charge in [0, 0.05) is 75.7 Å². The average Bonchev–Trinajstić information content (AvgIpc) is 3.38. The van der Waals surface area contributed by atoms with Crippen LogP contribution in [0.5, 0.6) is 0 Å². The summed E-state index contributed by atoms with van der Waals surface area (Å²) in [4.78, 5) is 68.7. The highest BCUT2D eigenvalue weighted by Gasteiger charge is 2.55. The predicted molar refractivity (Wildman–Crippen MR) is 283 cm³/mol. The number of cyclic esters (lactones) is 1. The molecule has 3 aliphatic rings. The lowest BCUT2D eigenvalue weighted by Crippen LogP contribution is -2.62. The summed E-state index contributed by atoms with van der Waals surface area (Å²) in [5.41, 5.74) is -3.86. The molecule has 3 saturated heterocycles. The number of pyridine rings is 1. The molecule has 18 atom stereocenters. The van der Waals surface area contributed by atoms with E-state index in [-0.39, 0.29) is 55.9 Å². The highest BCUT2D eigenvalue weighted by Crippen LogP contribution is 2.42. The van der Waals surface area contributed by atoms with Crippen molar-refractivity contribution in [3.05, 3.63) is 45.7 Å². The minimum absolute atomic E-state index is 0.00795. The molecule has 1 aromatic heterocycles. The molecule has 0 aliphatic carbocycles. The molecule has 21 nitrogen and oxygen atoms in total. The fraction of sp³-hybridized carbons (Fsp3) is 0.768. The molecule has 1 aromatic carbocycles. The van der Waals surface area contributed by atoms with Crippen LogP contribution in [0.1, 0.15) is 124 Å². The number of carbonyl (C=O) groups is 4. The van der Waals surface area contributed by atoms with Crippen molar-refractivity contribution in [1.82, 2.24) is 14.8 Å². The first-order valence-electron chi connectivity index (χ1n) is 27.2. The number of carbonyl (C=O) groups excluding carboxylic acids is 3. The van der Waals surface area contributed by atoms with E-state index in [1.165, 1.54) is 34.3 Å². The summed E-state index contributed by atoms with van der Waals surface area (Å²) in [6.07, 6.45) is -8.01. The van der Waals surface area contributed by atoms with Gasteiger partial charge in [0.05, 0.1) is 54.2 Å². The third-order valence-electron chi connectivity index (χ3n) is 16.4. The zero-order valence-corrected chi connectivity index (χ0v) is 47.9. The molecule has 2 aromatic rings. The predicted octanol–water partition coefficient (Wildman–Crippen LogP) is 4.86. The van der Waals surface area contributed by atoms with Gasteiger partial charge in [0.15, 0.2) is 18.7 Å². The minimum atomic E-state index is -2.03. The topological polar surface area (TPSA) is 270 Å². The lowest BCUT2D eigenvalue weighted by atomic mass is 9.74. The smallest absolute Gasteiger partial charge is 0.407 e. The summed E-state index contributed by atoms with van der Waals surface area (Å²) >= 11 is 0. The molecule has 77 heavy (non-hydrogen) atoms. The number of aliphatic hydroxyl groups excluding tert-OH is 2. The zero-order chi connectivity index (χ0) is 57.5. The maximum Gasteiger partial charge on any atom is 0.407 e. The van der Waals surface area contributed by atoms with Gasteiger partial charge in [-0.25, -0.2) is 9.59 Å². The number of fused-ring (bicyclic) bond motifs is 1. The maximum atomic E-state index is 14.5. The summed E-state index contributed by atoms with van der Waals surface area (Å²) in [6.45, 7) is 19.9.